The highest BCUT2D eigenvalue weighted by Gasteiger charge is 2.32. The molecule has 4 atom stereocenters. The van der Waals surface area contributed by atoms with Crippen molar-refractivity contribution in [3.8, 4) is 0 Å². The minimum atomic E-state index is -1.10. The lowest BCUT2D eigenvalue weighted by Gasteiger charge is -2.30. The van der Waals surface area contributed by atoms with Gasteiger partial charge in [-0.3, -0.25) is 29.0 Å². The number of amides is 5. The van der Waals surface area contributed by atoms with Crippen LogP contribution in [0.5, 0.6) is 0 Å². The Labute approximate surface area is 260 Å². The van der Waals surface area contributed by atoms with Gasteiger partial charge in [0, 0.05) is 19.0 Å². The van der Waals surface area contributed by atoms with E-state index in [-0.39, 0.29) is 54.4 Å². The van der Waals surface area contributed by atoms with Crippen LogP contribution in [-0.2, 0) is 24.0 Å². The molecule has 15 nitrogen and oxygen atoms in total. The number of hydrogen-bond donors (Lipinski definition) is 9. The standard InChI is InChI=1S/C29H55N9O6/c1-16(2)12-22(24(31)40)37-28(44)21(6-5-11-34-29(32)33)36-25(41)19-9-7-18(8-10-19)14-35-27(43)23(13-17(3)4)38-26(42)20(30)15-39/h16-23,39H,5-15,30H2,1-4H3,(H2,31,40)(H,35,43)(H,36,41)(H,37,44)(H,38,42)(H4,32,33,34)/t18?,19?,20-,21-,22-,23-/m0/s1. The largest absolute Gasteiger partial charge is 0.394 e. The van der Waals surface area contributed by atoms with Crippen molar-refractivity contribution in [2.45, 2.75) is 103 Å². The van der Waals surface area contributed by atoms with Crippen molar-refractivity contribution in [1.29, 1.82) is 0 Å². The molecular weight excluding hydrogens is 570 g/mol. The molecule has 13 N–H and O–H groups in total. The van der Waals surface area contributed by atoms with E-state index >= 15 is 0 Å². The molecule has 0 aliphatic heterocycles. The molecule has 5 amide bonds. The molecule has 0 aromatic heterocycles. The first kappa shape index (κ1) is 38.6. The normalized spacial score (nSPS) is 19.3. The lowest BCUT2D eigenvalue weighted by Crippen LogP contribution is -2.54. The Kier molecular flexibility index (Phi) is 17.3. The lowest BCUT2D eigenvalue weighted by atomic mass is 9.81. The molecular formula is C29H55N9O6. The molecule has 0 bridgehead atoms. The van der Waals surface area contributed by atoms with Crippen LogP contribution in [0.3, 0.4) is 0 Å². The molecule has 15 heteroatoms. The first-order chi connectivity index (χ1) is 20.6. The monoisotopic (exact) mass is 625 g/mol. The van der Waals surface area contributed by atoms with Gasteiger partial charge in [-0.2, -0.15) is 0 Å². The zero-order valence-corrected chi connectivity index (χ0v) is 26.6. The van der Waals surface area contributed by atoms with E-state index in [4.69, 9.17) is 28.0 Å². The summed E-state index contributed by atoms with van der Waals surface area (Å²) in [4.78, 5) is 67.2. The number of primary amides is 1. The number of carbonyl (C=O) groups is 5. The Hall–Kier alpha value is -3.46. The van der Waals surface area contributed by atoms with Crippen LogP contribution < -0.4 is 44.2 Å². The van der Waals surface area contributed by atoms with Crippen molar-refractivity contribution in [1.82, 2.24) is 21.3 Å². The molecule has 0 spiro atoms. The van der Waals surface area contributed by atoms with Gasteiger partial charge in [0.15, 0.2) is 5.96 Å². The second-order valence-corrected chi connectivity index (χ2v) is 12.5. The first-order valence-corrected chi connectivity index (χ1v) is 15.5. The van der Waals surface area contributed by atoms with Crippen molar-refractivity contribution in [3.05, 3.63) is 0 Å². The summed E-state index contributed by atoms with van der Waals surface area (Å²) in [5.74, 6) is -2.29. The summed E-state index contributed by atoms with van der Waals surface area (Å²) in [6.07, 6.45) is 4.01. The van der Waals surface area contributed by atoms with Crippen molar-refractivity contribution >= 4 is 35.5 Å². The number of nitrogens with two attached hydrogens (primary N) is 4. The zero-order chi connectivity index (χ0) is 33.4. The molecule has 1 fully saturated rings. The first-order valence-electron chi connectivity index (χ1n) is 15.5. The van der Waals surface area contributed by atoms with E-state index in [1.54, 1.807) is 0 Å². The second-order valence-electron chi connectivity index (χ2n) is 12.5. The highest BCUT2D eigenvalue weighted by molar-refractivity contribution is 5.92. The summed E-state index contributed by atoms with van der Waals surface area (Å²) < 4.78 is 0. The molecule has 252 valence electrons. The van der Waals surface area contributed by atoms with Gasteiger partial charge in [-0.25, -0.2) is 0 Å². The molecule has 0 saturated heterocycles. The van der Waals surface area contributed by atoms with Crippen molar-refractivity contribution in [3.63, 3.8) is 0 Å². The zero-order valence-electron chi connectivity index (χ0n) is 26.6. The van der Waals surface area contributed by atoms with Crippen LogP contribution in [-0.4, -0.2) is 84.5 Å². The number of aliphatic hydroxyl groups excluding tert-OH is 1. The number of guanidine groups is 1. The van der Waals surface area contributed by atoms with E-state index in [1.165, 1.54) is 0 Å². The summed E-state index contributed by atoms with van der Waals surface area (Å²) in [7, 11) is 0. The van der Waals surface area contributed by atoms with Crippen molar-refractivity contribution < 1.29 is 29.1 Å². The van der Waals surface area contributed by atoms with E-state index in [0.29, 0.717) is 51.5 Å². The Bertz CT molecular complexity index is 978. The van der Waals surface area contributed by atoms with Gasteiger partial charge in [0.05, 0.1) is 6.61 Å². The third-order valence-electron chi connectivity index (χ3n) is 7.60. The molecule has 0 unspecified atom stereocenters. The van der Waals surface area contributed by atoms with Crippen LogP contribution in [0.25, 0.3) is 0 Å². The maximum Gasteiger partial charge on any atom is 0.243 e. The summed E-state index contributed by atoms with van der Waals surface area (Å²) in [6.45, 7) is 7.85. The summed E-state index contributed by atoms with van der Waals surface area (Å²) in [5, 5.41) is 20.2. The van der Waals surface area contributed by atoms with Gasteiger partial charge in [-0.15, -0.1) is 0 Å². The van der Waals surface area contributed by atoms with Crippen LogP contribution in [0.4, 0.5) is 0 Å². The fourth-order valence-corrected chi connectivity index (χ4v) is 5.11. The average molecular weight is 626 g/mol. The molecule has 1 aliphatic rings. The van der Waals surface area contributed by atoms with E-state index in [9.17, 15) is 24.0 Å². The van der Waals surface area contributed by atoms with Gasteiger partial charge in [-0.05, 0) is 69.1 Å². The van der Waals surface area contributed by atoms with E-state index in [0.717, 1.165) is 0 Å². The van der Waals surface area contributed by atoms with Crippen molar-refractivity contribution in [2.75, 3.05) is 19.7 Å². The molecule has 1 rings (SSSR count). The van der Waals surface area contributed by atoms with Crippen molar-refractivity contribution in [2.24, 2.45) is 51.6 Å². The molecule has 1 saturated carbocycles. The lowest BCUT2D eigenvalue weighted by molar-refractivity contribution is -0.133. The van der Waals surface area contributed by atoms with E-state index in [1.807, 2.05) is 27.7 Å². The van der Waals surface area contributed by atoms with Crippen LogP contribution in [0.2, 0.25) is 0 Å². The predicted molar refractivity (Wildman–Crippen MR) is 167 cm³/mol. The number of aliphatic hydroxyl groups is 1. The molecule has 44 heavy (non-hydrogen) atoms. The van der Waals surface area contributed by atoms with E-state index < -0.39 is 48.5 Å². The Morgan fingerprint density at radius 3 is 1.89 bits per heavy atom. The maximum atomic E-state index is 13.2. The summed E-state index contributed by atoms with van der Waals surface area (Å²) in [6, 6.07) is -3.63. The Balaban J connectivity index is 2.74. The highest BCUT2D eigenvalue weighted by Crippen LogP contribution is 2.29. The molecule has 0 aromatic rings. The smallest absolute Gasteiger partial charge is 0.243 e. The minimum Gasteiger partial charge on any atom is -0.394 e. The van der Waals surface area contributed by atoms with Gasteiger partial charge >= 0.3 is 0 Å². The van der Waals surface area contributed by atoms with Crippen LogP contribution >= 0.6 is 0 Å². The SMILES string of the molecule is CC(C)C[C@H](NC(=O)[C@H](CCCN=C(N)N)NC(=O)C1CCC(CNC(=O)[C@H](CC(C)C)NC(=O)[C@@H](N)CO)CC1)C(N)=O. The molecule has 0 radical (unpaired) electrons. The average Bonchev–Trinajstić information content (AvgIpc) is 2.95. The summed E-state index contributed by atoms with van der Waals surface area (Å²) >= 11 is 0. The Morgan fingerprint density at radius 2 is 1.36 bits per heavy atom. The number of nitrogens with zero attached hydrogens (tertiary/aromatic N) is 1. The van der Waals surface area contributed by atoms with E-state index in [2.05, 4.69) is 26.3 Å². The van der Waals surface area contributed by atoms with Gasteiger partial charge in [0.1, 0.15) is 24.2 Å². The molecule has 0 aromatic carbocycles. The third-order valence-corrected chi connectivity index (χ3v) is 7.60. The summed E-state index contributed by atoms with van der Waals surface area (Å²) in [5.41, 5.74) is 21.8. The van der Waals surface area contributed by atoms with Crippen LogP contribution in [0.1, 0.15) is 79.1 Å². The van der Waals surface area contributed by atoms with Crippen LogP contribution in [0.15, 0.2) is 4.99 Å². The molecule has 0 heterocycles. The number of hydrogen-bond acceptors (Lipinski definition) is 8. The topological polar surface area (TPSA) is 270 Å². The number of rotatable bonds is 19. The highest BCUT2D eigenvalue weighted by atomic mass is 16.3. The van der Waals surface area contributed by atoms with Crippen LogP contribution in [0, 0.1) is 23.7 Å². The number of carbonyl (C=O) groups excluding carboxylic acids is 5. The quantitative estimate of drug-likeness (QED) is 0.0449. The van der Waals surface area contributed by atoms with Gasteiger partial charge in [-0.1, -0.05) is 27.7 Å². The molecule has 1 aliphatic carbocycles. The number of aliphatic imine (C=N–C) groups is 1. The fraction of sp³-hybridized carbons (Fsp3) is 0.793. The second kappa shape index (κ2) is 19.7. The van der Waals surface area contributed by atoms with Gasteiger partial charge < -0.3 is 49.3 Å². The fourth-order valence-electron chi connectivity index (χ4n) is 5.11. The van der Waals surface area contributed by atoms with Gasteiger partial charge in [0.2, 0.25) is 29.5 Å². The number of nitrogens with one attached hydrogen (secondary N) is 4. The minimum absolute atomic E-state index is 0.0696. The Morgan fingerprint density at radius 1 is 0.795 bits per heavy atom. The maximum absolute atomic E-state index is 13.2. The third kappa shape index (κ3) is 14.8. The van der Waals surface area contributed by atoms with Gasteiger partial charge in [0.25, 0.3) is 0 Å². The predicted octanol–water partition coefficient (Wildman–Crippen LogP) is -1.69.